The fourth-order valence-corrected chi connectivity index (χ4v) is 5.18. The van der Waals surface area contributed by atoms with E-state index in [4.69, 9.17) is 0 Å². The Morgan fingerprint density at radius 2 is 1.13 bits per heavy atom. The number of hydrogen-bond donors (Lipinski definition) is 4. The van der Waals surface area contributed by atoms with Crippen molar-refractivity contribution >= 4 is 23.6 Å². The first-order chi connectivity index (χ1) is 21.6. The molecule has 2 unspecified atom stereocenters. The Balaban J connectivity index is 0. The summed E-state index contributed by atoms with van der Waals surface area (Å²) < 4.78 is 0. The van der Waals surface area contributed by atoms with E-state index in [2.05, 4.69) is 29.8 Å². The minimum atomic E-state index is -1.11. The molecule has 2 atom stereocenters. The lowest BCUT2D eigenvalue weighted by atomic mass is 9.80. The van der Waals surface area contributed by atoms with Crippen LogP contribution in [0.3, 0.4) is 0 Å². The number of ketones is 1. The Morgan fingerprint density at radius 3 is 1.62 bits per heavy atom. The van der Waals surface area contributed by atoms with Crippen LogP contribution in [-0.4, -0.2) is 53.8 Å². The predicted octanol–water partition coefficient (Wildman–Crippen LogP) is 8.50. The molecule has 8 heteroatoms. The lowest BCUT2D eigenvalue weighted by Gasteiger charge is -2.28. The maximum atomic E-state index is 12.9. The predicted molar refractivity (Wildman–Crippen MR) is 188 cm³/mol. The average Bonchev–Trinajstić information content (AvgIpc) is 3.03. The fraction of sp³-hybridized carbons (Fsp3) is 0.892. The molecule has 0 radical (unpaired) electrons. The van der Waals surface area contributed by atoms with Gasteiger partial charge in [0.1, 0.15) is 6.04 Å². The Hall–Kier alpha value is -1.96. The van der Waals surface area contributed by atoms with Gasteiger partial charge in [-0.1, -0.05) is 126 Å². The molecule has 0 aromatic carbocycles. The minimum Gasteiger partial charge on any atom is -0.480 e. The number of amides is 2. The second-order valence-corrected chi connectivity index (χ2v) is 12.9. The molecule has 8 nitrogen and oxygen atoms in total. The molecule has 2 amide bonds. The van der Waals surface area contributed by atoms with Crippen molar-refractivity contribution in [3.63, 3.8) is 0 Å². The highest BCUT2D eigenvalue weighted by Crippen LogP contribution is 2.24. The monoisotopic (exact) mass is 640 g/mol. The zero-order valence-electron chi connectivity index (χ0n) is 30.5. The highest BCUT2D eigenvalue weighted by atomic mass is 16.4. The summed E-state index contributed by atoms with van der Waals surface area (Å²) in [5, 5.41) is 18.3. The van der Waals surface area contributed by atoms with Crippen molar-refractivity contribution in [1.29, 1.82) is 0 Å². The number of hydrogen-bond acceptors (Lipinski definition) is 5. The molecule has 0 bridgehead atoms. The Morgan fingerprint density at radius 1 is 0.600 bits per heavy atom. The number of aliphatic carboxylic acids is 1. The molecule has 45 heavy (non-hydrogen) atoms. The smallest absolute Gasteiger partial charge is 0.326 e. The van der Waals surface area contributed by atoms with Gasteiger partial charge < -0.3 is 21.1 Å². The molecule has 0 saturated carbocycles. The van der Waals surface area contributed by atoms with Gasteiger partial charge in [-0.25, -0.2) is 4.79 Å². The highest BCUT2D eigenvalue weighted by molar-refractivity contribution is 5.89. The zero-order chi connectivity index (χ0) is 34.3. The summed E-state index contributed by atoms with van der Waals surface area (Å²) in [5.74, 6) is -1.36. The molecule has 0 spiro atoms. The summed E-state index contributed by atoms with van der Waals surface area (Å²) in [4.78, 5) is 49.1. The summed E-state index contributed by atoms with van der Waals surface area (Å²) in [6.45, 7) is 15.6. The van der Waals surface area contributed by atoms with Crippen LogP contribution in [0.4, 0.5) is 0 Å². The molecule has 0 aliphatic carbocycles. The van der Waals surface area contributed by atoms with Crippen molar-refractivity contribution < 1.29 is 24.3 Å². The van der Waals surface area contributed by atoms with Gasteiger partial charge in [0.05, 0.1) is 6.04 Å². The van der Waals surface area contributed by atoms with Gasteiger partial charge in [-0.05, 0) is 51.5 Å². The molecule has 4 N–H and O–H groups in total. The number of carboxylic acids is 1. The molecule has 0 heterocycles. The van der Waals surface area contributed by atoms with Gasteiger partial charge in [0.25, 0.3) is 0 Å². The van der Waals surface area contributed by atoms with Gasteiger partial charge in [0.15, 0.2) is 5.78 Å². The summed E-state index contributed by atoms with van der Waals surface area (Å²) in [7, 11) is 0. The lowest BCUT2D eigenvalue weighted by molar-refractivity contribution is -0.142. The van der Waals surface area contributed by atoms with E-state index in [1.807, 2.05) is 34.6 Å². The van der Waals surface area contributed by atoms with E-state index in [9.17, 15) is 24.3 Å². The van der Waals surface area contributed by atoms with Gasteiger partial charge in [0, 0.05) is 24.8 Å². The van der Waals surface area contributed by atoms with Crippen molar-refractivity contribution in [3.05, 3.63) is 0 Å². The molecule has 0 saturated heterocycles. The summed E-state index contributed by atoms with van der Waals surface area (Å²) >= 11 is 0. The van der Waals surface area contributed by atoms with Gasteiger partial charge in [-0.2, -0.15) is 0 Å². The van der Waals surface area contributed by atoms with Gasteiger partial charge in [-0.3, -0.25) is 14.4 Å². The topological polar surface area (TPSA) is 125 Å². The van der Waals surface area contributed by atoms with Crippen LogP contribution in [0.25, 0.3) is 0 Å². The summed E-state index contributed by atoms with van der Waals surface area (Å²) in [5.41, 5.74) is -0.359. The highest BCUT2D eigenvalue weighted by Gasteiger charge is 2.31. The van der Waals surface area contributed by atoms with Crippen LogP contribution < -0.4 is 16.0 Å². The van der Waals surface area contributed by atoms with E-state index in [1.165, 1.54) is 64.2 Å². The van der Waals surface area contributed by atoms with Crippen molar-refractivity contribution in [2.45, 2.75) is 195 Å². The van der Waals surface area contributed by atoms with Crippen LogP contribution in [0, 0.1) is 5.41 Å². The number of unbranched alkanes of at least 4 members (excludes halogenated alkanes) is 13. The van der Waals surface area contributed by atoms with Crippen molar-refractivity contribution in [2.24, 2.45) is 5.41 Å². The first-order valence-corrected chi connectivity index (χ1v) is 18.7. The third kappa shape index (κ3) is 25.9. The first kappa shape index (κ1) is 45.2. The lowest BCUT2D eigenvalue weighted by Crippen LogP contribution is -2.44. The number of carbonyl (C=O) groups excluding carboxylic acids is 3. The van der Waals surface area contributed by atoms with Crippen LogP contribution in [0.5, 0.6) is 0 Å². The summed E-state index contributed by atoms with van der Waals surface area (Å²) in [6.07, 6.45) is 20.4. The van der Waals surface area contributed by atoms with Crippen LogP contribution in [0.15, 0.2) is 0 Å². The Kier molecular flexibility index (Phi) is 30.8. The maximum Gasteiger partial charge on any atom is 0.326 e. The second-order valence-electron chi connectivity index (χ2n) is 12.9. The Bertz CT molecular complexity index is 756. The normalized spacial score (nSPS) is 12.5. The minimum absolute atomic E-state index is 0.0415. The second kappa shape index (κ2) is 30.7. The Labute approximate surface area is 277 Å². The van der Waals surface area contributed by atoms with Gasteiger partial charge >= 0.3 is 5.97 Å². The number of carbonyl (C=O) groups is 4. The standard InChI is InChI=1S/C35H67N3O5.C2H6/c1-6-9-10-11-12-13-14-15-16-17-18-19-20-24-32(40)38-30(34(42)43)25-26-31(39)37-28-22-21-23-29(36-27-7-2)33(41)35(4,5)8-3;1-2/h29-30,36H,6-28H2,1-5H3,(H,37,39)(H,38,40)(H,42,43);1-2H3. The number of nitrogens with one attached hydrogen (secondary N) is 3. The molecule has 266 valence electrons. The molecule has 0 fully saturated rings. The molecule has 0 aliphatic heterocycles. The van der Waals surface area contributed by atoms with Crippen molar-refractivity contribution in [3.8, 4) is 0 Å². The van der Waals surface area contributed by atoms with Crippen LogP contribution in [-0.2, 0) is 19.2 Å². The van der Waals surface area contributed by atoms with Crippen LogP contribution in [0.2, 0.25) is 0 Å². The van der Waals surface area contributed by atoms with Crippen molar-refractivity contribution in [1.82, 2.24) is 16.0 Å². The zero-order valence-corrected chi connectivity index (χ0v) is 30.5. The van der Waals surface area contributed by atoms with Gasteiger partial charge in [-0.15, -0.1) is 0 Å². The van der Waals surface area contributed by atoms with E-state index < -0.39 is 12.0 Å². The molecular formula is C37H73N3O5. The quantitative estimate of drug-likeness (QED) is 0.0584. The van der Waals surface area contributed by atoms with E-state index in [1.54, 1.807) is 0 Å². The van der Waals surface area contributed by atoms with E-state index in [0.717, 1.165) is 57.9 Å². The number of Topliss-reactive ketones (excluding diaryl/α,β-unsaturated/α-hetero) is 1. The maximum absolute atomic E-state index is 12.9. The van der Waals surface area contributed by atoms with Gasteiger partial charge in [0.2, 0.25) is 11.8 Å². The summed E-state index contributed by atoms with van der Waals surface area (Å²) in [6, 6.07) is -1.23. The van der Waals surface area contributed by atoms with E-state index >= 15 is 0 Å². The molecule has 0 aromatic heterocycles. The molecule has 0 aliphatic rings. The van der Waals surface area contributed by atoms with Crippen LogP contribution in [0.1, 0.15) is 183 Å². The molecule has 0 aromatic rings. The number of carboxylic acid groups (broad SMARTS) is 1. The largest absolute Gasteiger partial charge is 0.480 e. The molecule has 0 rings (SSSR count). The first-order valence-electron chi connectivity index (χ1n) is 18.7. The fourth-order valence-electron chi connectivity index (χ4n) is 5.18. The number of rotatable bonds is 30. The van der Waals surface area contributed by atoms with Crippen LogP contribution >= 0.6 is 0 Å². The van der Waals surface area contributed by atoms with Crippen molar-refractivity contribution in [2.75, 3.05) is 13.1 Å². The third-order valence-electron chi connectivity index (χ3n) is 8.55. The van der Waals surface area contributed by atoms with E-state index in [-0.39, 0.29) is 41.9 Å². The molecular weight excluding hydrogens is 566 g/mol. The SMILES string of the molecule is CC.CCCCCCCCCCCCCCCC(=O)NC(CCC(=O)NCCCCC(NCCC)C(=O)C(C)(C)CC)C(=O)O. The third-order valence-corrected chi connectivity index (χ3v) is 8.55. The average molecular weight is 640 g/mol. The van der Waals surface area contributed by atoms with E-state index in [0.29, 0.717) is 13.0 Å².